The molecule has 152 valence electrons. The molecule has 7 heteroatoms. The fraction of sp³-hybridized carbons (Fsp3) is 0.429. The molecule has 3 rings (SSSR count). The van der Waals surface area contributed by atoms with Crippen LogP contribution in [0.25, 0.3) is 0 Å². The van der Waals surface area contributed by atoms with Gasteiger partial charge < -0.3 is 14.7 Å². The Hall–Kier alpha value is -2.09. The highest BCUT2D eigenvalue weighted by atomic mass is 32.2. The van der Waals surface area contributed by atoms with Crippen LogP contribution in [-0.4, -0.2) is 61.5 Å². The van der Waals surface area contributed by atoms with Crippen LogP contribution < -0.4 is 19.4 Å². The first kappa shape index (κ1) is 20.6. The average molecular weight is 404 g/mol. The number of hydrogen-bond donors (Lipinski definition) is 2. The molecule has 0 aliphatic carbocycles. The summed E-state index contributed by atoms with van der Waals surface area (Å²) in [6.07, 6.45) is 1.22. The lowest BCUT2D eigenvalue weighted by atomic mass is 10.0. The van der Waals surface area contributed by atoms with Gasteiger partial charge >= 0.3 is 0 Å². The predicted molar refractivity (Wildman–Crippen MR) is 116 cm³/mol. The SMILES string of the molecule is CN(C)c1ccc([C@@H](CNS(C)(=O)=O)[NH+]2CCN(c3ccccc3)CC2)cc1. The second kappa shape index (κ2) is 8.94. The van der Waals surface area contributed by atoms with Crippen molar-refractivity contribution in [2.75, 3.05) is 62.9 Å². The van der Waals surface area contributed by atoms with Crippen LogP contribution in [0.4, 0.5) is 11.4 Å². The Bertz CT molecular complexity index is 846. The summed E-state index contributed by atoms with van der Waals surface area (Å²) in [5.41, 5.74) is 3.56. The summed E-state index contributed by atoms with van der Waals surface area (Å²) < 4.78 is 26.1. The summed E-state index contributed by atoms with van der Waals surface area (Å²) in [6.45, 7) is 4.29. The number of nitrogens with one attached hydrogen (secondary N) is 2. The van der Waals surface area contributed by atoms with E-state index in [2.05, 4.69) is 63.1 Å². The van der Waals surface area contributed by atoms with Crippen LogP contribution in [0.2, 0.25) is 0 Å². The minimum Gasteiger partial charge on any atom is -0.378 e. The van der Waals surface area contributed by atoms with Crippen molar-refractivity contribution < 1.29 is 13.3 Å². The highest BCUT2D eigenvalue weighted by Gasteiger charge is 2.29. The molecule has 1 heterocycles. The number of nitrogens with zero attached hydrogens (tertiary/aromatic N) is 2. The van der Waals surface area contributed by atoms with E-state index in [-0.39, 0.29) is 6.04 Å². The molecule has 1 atom stereocenters. The second-order valence-electron chi connectivity index (χ2n) is 7.64. The van der Waals surface area contributed by atoms with E-state index in [0.717, 1.165) is 31.9 Å². The van der Waals surface area contributed by atoms with Crippen LogP contribution in [0, 0.1) is 0 Å². The number of anilines is 2. The van der Waals surface area contributed by atoms with Crippen LogP contribution in [0.3, 0.4) is 0 Å². The molecule has 1 saturated heterocycles. The van der Waals surface area contributed by atoms with E-state index in [1.165, 1.54) is 22.4 Å². The Kier molecular flexibility index (Phi) is 6.59. The third-order valence-electron chi connectivity index (χ3n) is 5.38. The molecule has 2 aromatic rings. The van der Waals surface area contributed by atoms with Crippen molar-refractivity contribution in [3.05, 3.63) is 60.2 Å². The third kappa shape index (κ3) is 5.47. The quantitative estimate of drug-likeness (QED) is 0.716. The van der Waals surface area contributed by atoms with Gasteiger partial charge in [-0.1, -0.05) is 30.3 Å². The Morgan fingerprint density at radius 1 is 1.04 bits per heavy atom. The maximum atomic E-state index is 11.7. The smallest absolute Gasteiger partial charge is 0.208 e. The van der Waals surface area contributed by atoms with Gasteiger partial charge in [-0.3, -0.25) is 0 Å². The van der Waals surface area contributed by atoms with Gasteiger partial charge in [-0.25, -0.2) is 13.1 Å². The second-order valence-corrected chi connectivity index (χ2v) is 9.47. The zero-order chi connectivity index (χ0) is 20.1. The standard InChI is InChI=1S/C21H30N4O2S/c1-23(2)19-11-9-18(10-12-19)21(17-22-28(3,26)27)25-15-13-24(14-16-25)20-7-5-4-6-8-20/h4-12,21-22H,13-17H2,1-3H3/p+1/t21-/m1/s1. The molecule has 6 nitrogen and oxygen atoms in total. The van der Waals surface area contributed by atoms with Crippen LogP contribution in [0.5, 0.6) is 0 Å². The molecule has 1 fully saturated rings. The number of hydrogen-bond acceptors (Lipinski definition) is 4. The number of para-hydroxylation sites is 1. The Morgan fingerprint density at radius 3 is 2.18 bits per heavy atom. The molecule has 28 heavy (non-hydrogen) atoms. The summed E-state index contributed by atoms with van der Waals surface area (Å²) in [6, 6.07) is 19.0. The minimum absolute atomic E-state index is 0.101. The van der Waals surface area contributed by atoms with Crippen LogP contribution in [0.1, 0.15) is 11.6 Å². The first-order chi connectivity index (χ1) is 13.3. The van der Waals surface area contributed by atoms with Crippen molar-refractivity contribution in [1.29, 1.82) is 0 Å². The monoisotopic (exact) mass is 403 g/mol. The van der Waals surface area contributed by atoms with E-state index in [9.17, 15) is 8.42 Å². The largest absolute Gasteiger partial charge is 0.378 e. The first-order valence-corrected chi connectivity index (χ1v) is 11.6. The normalized spacial score (nSPS) is 16.8. The van der Waals surface area contributed by atoms with Crippen LogP contribution in [0.15, 0.2) is 54.6 Å². The maximum Gasteiger partial charge on any atom is 0.208 e. The Morgan fingerprint density at radius 2 is 1.64 bits per heavy atom. The molecule has 0 amide bonds. The predicted octanol–water partition coefficient (Wildman–Crippen LogP) is 0.748. The zero-order valence-corrected chi connectivity index (χ0v) is 17.7. The summed E-state index contributed by atoms with van der Waals surface area (Å²) in [7, 11) is 0.816. The van der Waals surface area contributed by atoms with Crippen molar-refractivity contribution in [1.82, 2.24) is 4.72 Å². The van der Waals surface area contributed by atoms with Gasteiger partial charge in [0.2, 0.25) is 10.0 Å². The molecular weight excluding hydrogens is 372 g/mol. The van der Waals surface area contributed by atoms with Gasteiger partial charge in [0, 0.05) is 31.0 Å². The van der Waals surface area contributed by atoms with E-state index in [4.69, 9.17) is 0 Å². The number of sulfonamides is 1. The van der Waals surface area contributed by atoms with Gasteiger partial charge in [-0.05, 0) is 24.3 Å². The molecule has 1 aliphatic rings. The zero-order valence-electron chi connectivity index (χ0n) is 16.9. The molecule has 0 radical (unpaired) electrons. The summed E-state index contributed by atoms with van der Waals surface area (Å²) >= 11 is 0. The number of quaternary nitrogens is 1. The molecule has 0 saturated carbocycles. The van der Waals surface area contributed by atoms with Crippen molar-refractivity contribution >= 4 is 21.4 Å². The van der Waals surface area contributed by atoms with Crippen molar-refractivity contribution in [2.45, 2.75) is 6.04 Å². The molecule has 0 spiro atoms. The van der Waals surface area contributed by atoms with Crippen LogP contribution in [-0.2, 0) is 10.0 Å². The highest BCUT2D eigenvalue weighted by molar-refractivity contribution is 7.88. The number of piperazine rings is 1. The van der Waals surface area contributed by atoms with E-state index in [1.54, 1.807) is 0 Å². The van der Waals surface area contributed by atoms with Gasteiger partial charge in [0.05, 0.1) is 39.0 Å². The fourth-order valence-electron chi connectivity index (χ4n) is 3.78. The van der Waals surface area contributed by atoms with Gasteiger partial charge in [0.25, 0.3) is 0 Å². The van der Waals surface area contributed by atoms with Gasteiger partial charge in [0.15, 0.2) is 0 Å². The molecule has 0 bridgehead atoms. The molecule has 1 aliphatic heterocycles. The van der Waals surface area contributed by atoms with E-state index < -0.39 is 10.0 Å². The molecule has 2 N–H and O–H groups in total. The molecule has 0 unspecified atom stereocenters. The third-order valence-corrected chi connectivity index (χ3v) is 6.07. The van der Waals surface area contributed by atoms with Crippen molar-refractivity contribution in [2.24, 2.45) is 0 Å². The minimum atomic E-state index is -3.22. The Labute approximate surface area is 168 Å². The van der Waals surface area contributed by atoms with E-state index >= 15 is 0 Å². The first-order valence-electron chi connectivity index (χ1n) is 9.70. The van der Waals surface area contributed by atoms with Gasteiger partial charge in [-0.15, -0.1) is 0 Å². The van der Waals surface area contributed by atoms with Gasteiger partial charge in [-0.2, -0.15) is 0 Å². The highest BCUT2D eigenvalue weighted by Crippen LogP contribution is 2.18. The maximum absolute atomic E-state index is 11.7. The number of rotatable bonds is 7. The van der Waals surface area contributed by atoms with Crippen molar-refractivity contribution in [3.63, 3.8) is 0 Å². The van der Waals surface area contributed by atoms with E-state index in [0.29, 0.717) is 6.54 Å². The summed E-state index contributed by atoms with van der Waals surface area (Å²) in [5, 5.41) is 0. The number of benzene rings is 2. The summed E-state index contributed by atoms with van der Waals surface area (Å²) in [4.78, 5) is 5.89. The van der Waals surface area contributed by atoms with E-state index in [1.807, 2.05) is 20.2 Å². The topological polar surface area (TPSA) is 57.1 Å². The molecular formula is C21H31N4O2S+. The lowest BCUT2D eigenvalue weighted by Crippen LogP contribution is -3.15. The Balaban J connectivity index is 1.73. The lowest BCUT2D eigenvalue weighted by molar-refractivity contribution is -0.930. The average Bonchev–Trinajstić information content (AvgIpc) is 2.69. The molecule has 0 aromatic heterocycles. The van der Waals surface area contributed by atoms with Crippen molar-refractivity contribution in [3.8, 4) is 0 Å². The fourth-order valence-corrected chi connectivity index (χ4v) is 4.25. The summed E-state index contributed by atoms with van der Waals surface area (Å²) in [5.74, 6) is 0. The van der Waals surface area contributed by atoms with Crippen LogP contribution >= 0.6 is 0 Å². The lowest BCUT2D eigenvalue weighted by Gasteiger charge is -2.38. The molecule has 2 aromatic carbocycles. The van der Waals surface area contributed by atoms with Gasteiger partial charge in [0.1, 0.15) is 6.04 Å².